The van der Waals surface area contributed by atoms with Crippen molar-refractivity contribution in [2.24, 2.45) is 5.92 Å². The van der Waals surface area contributed by atoms with Crippen molar-refractivity contribution in [3.63, 3.8) is 0 Å². The van der Waals surface area contributed by atoms with Gasteiger partial charge in [-0.25, -0.2) is 4.98 Å². The van der Waals surface area contributed by atoms with Crippen LogP contribution in [0, 0.1) is 5.92 Å². The number of carbonyl (C=O) groups is 1. The number of nitrogens with zero attached hydrogens (tertiary/aromatic N) is 2. The van der Waals surface area contributed by atoms with E-state index in [0.717, 1.165) is 32.1 Å². The van der Waals surface area contributed by atoms with Gasteiger partial charge in [0.1, 0.15) is 5.69 Å². The van der Waals surface area contributed by atoms with Gasteiger partial charge in [0.25, 0.3) is 5.91 Å². The molecule has 3 rings (SSSR count). The topological polar surface area (TPSA) is 45.2 Å². The standard InChI is InChI=1S/C13H13ClF3N3O/c14-8-1-2-9(18-11(8)13(15,16)17)12(21)19-10-6-20-4-3-7(10)5-20/h1-2,7,10H,3-6H2,(H,19,21). The first-order valence-corrected chi connectivity index (χ1v) is 6.99. The molecular weight excluding hydrogens is 307 g/mol. The van der Waals surface area contributed by atoms with E-state index in [-0.39, 0.29) is 11.7 Å². The first kappa shape index (κ1) is 14.6. The molecule has 0 aromatic carbocycles. The molecule has 3 atom stereocenters. The minimum Gasteiger partial charge on any atom is -0.346 e. The molecule has 21 heavy (non-hydrogen) atoms. The summed E-state index contributed by atoms with van der Waals surface area (Å²) in [6.45, 7) is 2.71. The molecule has 1 aromatic rings. The molecule has 4 nitrogen and oxygen atoms in total. The van der Waals surface area contributed by atoms with E-state index in [9.17, 15) is 18.0 Å². The molecule has 0 spiro atoms. The Morgan fingerprint density at radius 3 is 2.71 bits per heavy atom. The maximum Gasteiger partial charge on any atom is 0.434 e. The summed E-state index contributed by atoms with van der Waals surface area (Å²) >= 11 is 5.49. The van der Waals surface area contributed by atoms with Crippen LogP contribution in [-0.2, 0) is 6.18 Å². The van der Waals surface area contributed by atoms with Gasteiger partial charge < -0.3 is 10.2 Å². The minimum absolute atomic E-state index is 0.0157. The van der Waals surface area contributed by atoms with Crippen LogP contribution >= 0.6 is 11.6 Å². The fraction of sp³-hybridized carbons (Fsp3) is 0.538. The summed E-state index contributed by atoms with van der Waals surface area (Å²) in [5.41, 5.74) is -1.49. The number of aromatic nitrogens is 1. The second-order valence-electron chi connectivity index (χ2n) is 5.41. The Bertz CT molecular complexity index is 578. The van der Waals surface area contributed by atoms with Crippen molar-refractivity contribution in [1.82, 2.24) is 15.2 Å². The highest BCUT2D eigenvalue weighted by Crippen LogP contribution is 2.33. The smallest absolute Gasteiger partial charge is 0.346 e. The van der Waals surface area contributed by atoms with Gasteiger partial charge >= 0.3 is 6.18 Å². The molecule has 3 heterocycles. The summed E-state index contributed by atoms with van der Waals surface area (Å²) in [5, 5.41) is 2.26. The van der Waals surface area contributed by atoms with E-state index in [2.05, 4.69) is 15.2 Å². The number of pyridine rings is 1. The Kier molecular flexibility index (Phi) is 3.57. The molecule has 0 aliphatic carbocycles. The quantitative estimate of drug-likeness (QED) is 0.909. The third kappa shape index (κ3) is 2.85. The summed E-state index contributed by atoms with van der Waals surface area (Å²) in [5.74, 6) is -0.209. The third-order valence-corrected chi connectivity index (χ3v) is 4.30. The number of rotatable bonds is 2. The average Bonchev–Trinajstić information content (AvgIpc) is 3.00. The van der Waals surface area contributed by atoms with Crippen LogP contribution in [0.5, 0.6) is 0 Å². The summed E-state index contributed by atoms with van der Waals surface area (Å²) in [7, 11) is 0. The second-order valence-corrected chi connectivity index (χ2v) is 5.82. The SMILES string of the molecule is O=C(NC1CN2CCC1C2)c1ccc(Cl)c(C(F)(F)F)n1. The first-order valence-electron chi connectivity index (χ1n) is 6.61. The summed E-state index contributed by atoms with van der Waals surface area (Å²) in [6, 6.07) is 2.25. The van der Waals surface area contributed by atoms with Gasteiger partial charge in [-0.1, -0.05) is 11.6 Å². The maximum absolute atomic E-state index is 12.7. The molecule has 2 fully saturated rings. The van der Waals surface area contributed by atoms with E-state index in [4.69, 9.17) is 11.6 Å². The number of fused-ring (bicyclic) bond motifs is 2. The van der Waals surface area contributed by atoms with E-state index < -0.39 is 22.8 Å². The average molecular weight is 320 g/mol. The Morgan fingerprint density at radius 1 is 1.38 bits per heavy atom. The monoisotopic (exact) mass is 319 g/mol. The zero-order chi connectivity index (χ0) is 15.2. The number of hydrogen-bond acceptors (Lipinski definition) is 3. The fourth-order valence-corrected chi connectivity index (χ4v) is 3.17. The Hall–Kier alpha value is -1.34. The Labute approximate surface area is 124 Å². The fourth-order valence-electron chi connectivity index (χ4n) is 2.96. The molecule has 2 saturated heterocycles. The minimum atomic E-state index is -4.68. The van der Waals surface area contributed by atoms with E-state index in [1.807, 2.05) is 0 Å². The second kappa shape index (κ2) is 5.14. The zero-order valence-corrected chi connectivity index (χ0v) is 11.7. The van der Waals surface area contributed by atoms with Gasteiger partial charge in [0.05, 0.1) is 5.02 Å². The van der Waals surface area contributed by atoms with Crippen LogP contribution in [-0.4, -0.2) is 41.5 Å². The molecule has 2 aliphatic rings. The molecule has 0 saturated carbocycles. The van der Waals surface area contributed by atoms with Gasteiger partial charge in [0, 0.05) is 19.1 Å². The molecule has 3 unspecified atom stereocenters. The zero-order valence-electron chi connectivity index (χ0n) is 11.0. The lowest BCUT2D eigenvalue weighted by Gasteiger charge is -2.23. The van der Waals surface area contributed by atoms with E-state index in [0.29, 0.717) is 5.92 Å². The van der Waals surface area contributed by atoms with Crippen molar-refractivity contribution >= 4 is 17.5 Å². The normalized spacial score (nSPS) is 27.9. The molecule has 1 aromatic heterocycles. The number of carbonyl (C=O) groups excluding carboxylic acids is 1. The molecule has 2 bridgehead atoms. The lowest BCUT2D eigenvalue weighted by molar-refractivity contribution is -0.141. The predicted molar refractivity (Wildman–Crippen MR) is 70.1 cm³/mol. The third-order valence-electron chi connectivity index (χ3n) is 4.00. The molecule has 114 valence electrons. The predicted octanol–water partition coefficient (Wildman–Crippen LogP) is 2.19. The van der Waals surface area contributed by atoms with Crippen molar-refractivity contribution in [3.8, 4) is 0 Å². The number of hydrogen-bond donors (Lipinski definition) is 1. The van der Waals surface area contributed by atoms with Gasteiger partial charge in [-0.05, 0) is 31.0 Å². The van der Waals surface area contributed by atoms with Crippen LogP contribution in [0.3, 0.4) is 0 Å². The Balaban J connectivity index is 1.76. The highest BCUT2D eigenvalue weighted by molar-refractivity contribution is 6.31. The molecular formula is C13H13ClF3N3O. The van der Waals surface area contributed by atoms with Crippen molar-refractivity contribution in [2.75, 3.05) is 19.6 Å². The van der Waals surface area contributed by atoms with Gasteiger partial charge in [0.15, 0.2) is 5.69 Å². The van der Waals surface area contributed by atoms with Crippen LogP contribution in [0.2, 0.25) is 5.02 Å². The van der Waals surface area contributed by atoms with Gasteiger partial charge in [-0.3, -0.25) is 4.79 Å². The van der Waals surface area contributed by atoms with Crippen LogP contribution in [0.4, 0.5) is 13.2 Å². The Morgan fingerprint density at radius 2 is 2.14 bits per heavy atom. The molecule has 1 N–H and O–H groups in total. The number of alkyl halides is 3. The summed E-state index contributed by atoms with van der Waals surface area (Å²) in [6.07, 6.45) is -3.67. The van der Waals surface area contributed by atoms with Crippen LogP contribution in [0.15, 0.2) is 12.1 Å². The number of halogens is 4. The molecule has 0 radical (unpaired) electrons. The van der Waals surface area contributed by atoms with Crippen LogP contribution < -0.4 is 5.32 Å². The van der Waals surface area contributed by atoms with Gasteiger partial charge in [-0.2, -0.15) is 13.2 Å². The summed E-state index contributed by atoms with van der Waals surface area (Å²) < 4.78 is 38.2. The molecule has 8 heteroatoms. The molecule has 1 amide bonds. The maximum atomic E-state index is 12.7. The largest absolute Gasteiger partial charge is 0.434 e. The van der Waals surface area contributed by atoms with E-state index >= 15 is 0 Å². The van der Waals surface area contributed by atoms with E-state index in [1.54, 1.807) is 0 Å². The lowest BCUT2D eigenvalue weighted by Crippen LogP contribution is -2.43. The van der Waals surface area contributed by atoms with E-state index in [1.165, 1.54) is 6.07 Å². The highest BCUT2D eigenvalue weighted by atomic mass is 35.5. The number of piperidine rings is 1. The van der Waals surface area contributed by atoms with Crippen molar-refractivity contribution in [1.29, 1.82) is 0 Å². The first-order chi connectivity index (χ1) is 9.84. The van der Waals surface area contributed by atoms with Gasteiger partial charge in [0.2, 0.25) is 0 Å². The lowest BCUT2D eigenvalue weighted by atomic mass is 10.00. The number of nitrogens with one attached hydrogen (secondary N) is 1. The summed E-state index contributed by atoms with van der Waals surface area (Å²) in [4.78, 5) is 17.7. The van der Waals surface area contributed by atoms with Crippen LogP contribution in [0.25, 0.3) is 0 Å². The van der Waals surface area contributed by atoms with Crippen molar-refractivity contribution in [3.05, 3.63) is 28.5 Å². The number of amides is 1. The van der Waals surface area contributed by atoms with Crippen LogP contribution in [0.1, 0.15) is 22.6 Å². The van der Waals surface area contributed by atoms with Gasteiger partial charge in [-0.15, -0.1) is 0 Å². The van der Waals surface area contributed by atoms with Crippen molar-refractivity contribution < 1.29 is 18.0 Å². The highest BCUT2D eigenvalue weighted by Gasteiger charge is 2.39. The molecule has 2 aliphatic heterocycles. The van der Waals surface area contributed by atoms with Crippen molar-refractivity contribution in [2.45, 2.75) is 18.6 Å².